The number of carbonyl (C=O) groups excluding carboxylic acids is 1. The highest BCUT2D eigenvalue weighted by Gasteiger charge is 2.14. The first-order valence-electron chi connectivity index (χ1n) is 6.47. The van der Waals surface area contributed by atoms with E-state index in [1.54, 1.807) is 18.2 Å². The lowest BCUT2D eigenvalue weighted by molar-refractivity contribution is -0.119. The van der Waals surface area contributed by atoms with Gasteiger partial charge in [0.1, 0.15) is 5.75 Å². The minimum Gasteiger partial charge on any atom is -0.484 e. The Morgan fingerprint density at radius 1 is 1.18 bits per heavy atom. The largest absolute Gasteiger partial charge is 0.484 e. The lowest BCUT2D eigenvalue weighted by Gasteiger charge is -2.09. The summed E-state index contributed by atoms with van der Waals surface area (Å²) in [5, 5.41) is 0. The first-order chi connectivity index (χ1) is 10.4. The van der Waals surface area contributed by atoms with Crippen molar-refractivity contribution in [3.05, 3.63) is 54.1 Å². The zero-order valence-electron chi connectivity index (χ0n) is 11.9. The molecular weight excluding hydrogens is 304 g/mol. The minimum atomic E-state index is -3.68. The molecule has 22 heavy (non-hydrogen) atoms. The molecular formula is C15H16N2O4S. The second-order valence-corrected chi connectivity index (χ2v) is 6.38. The van der Waals surface area contributed by atoms with Gasteiger partial charge in [0.05, 0.1) is 4.90 Å². The van der Waals surface area contributed by atoms with Crippen molar-refractivity contribution in [2.75, 3.05) is 11.3 Å². The van der Waals surface area contributed by atoms with Crippen LogP contribution < -0.4 is 15.2 Å². The summed E-state index contributed by atoms with van der Waals surface area (Å²) in [7, 11) is -3.68. The minimum absolute atomic E-state index is 0.0976. The Hall–Kier alpha value is -2.54. The van der Waals surface area contributed by atoms with Crippen molar-refractivity contribution in [2.24, 2.45) is 5.73 Å². The van der Waals surface area contributed by atoms with Crippen LogP contribution in [0.3, 0.4) is 0 Å². The third-order valence-electron chi connectivity index (χ3n) is 2.79. The molecule has 0 fully saturated rings. The number of aryl methyl sites for hydroxylation is 1. The molecule has 3 N–H and O–H groups in total. The average molecular weight is 320 g/mol. The maximum absolute atomic E-state index is 12.3. The number of nitrogens with one attached hydrogen (secondary N) is 1. The van der Waals surface area contributed by atoms with Crippen LogP contribution in [0, 0.1) is 6.92 Å². The van der Waals surface area contributed by atoms with Crippen molar-refractivity contribution in [2.45, 2.75) is 11.8 Å². The number of primary amides is 1. The summed E-state index contributed by atoms with van der Waals surface area (Å²) in [4.78, 5) is 10.7. The van der Waals surface area contributed by atoms with Gasteiger partial charge in [0.25, 0.3) is 15.9 Å². The molecule has 7 heteroatoms. The topological polar surface area (TPSA) is 98.5 Å². The van der Waals surface area contributed by atoms with Crippen molar-refractivity contribution in [1.82, 2.24) is 0 Å². The van der Waals surface area contributed by atoms with Crippen LogP contribution in [0.4, 0.5) is 5.69 Å². The van der Waals surface area contributed by atoms with E-state index in [-0.39, 0.29) is 11.5 Å². The molecule has 0 aliphatic rings. The number of rotatable bonds is 6. The summed E-state index contributed by atoms with van der Waals surface area (Å²) in [5.74, 6) is -0.230. The van der Waals surface area contributed by atoms with E-state index in [2.05, 4.69) is 4.72 Å². The monoisotopic (exact) mass is 320 g/mol. The predicted octanol–water partition coefficient (Wildman–Crippen LogP) is 1.66. The van der Waals surface area contributed by atoms with E-state index in [1.165, 1.54) is 24.3 Å². The smallest absolute Gasteiger partial charge is 0.261 e. The van der Waals surface area contributed by atoms with Crippen molar-refractivity contribution < 1.29 is 17.9 Å². The molecule has 0 aromatic heterocycles. The van der Waals surface area contributed by atoms with E-state index in [0.717, 1.165) is 5.56 Å². The average Bonchev–Trinajstić information content (AvgIpc) is 2.45. The standard InChI is InChI=1S/C15H16N2O4S/c1-11-3-2-4-12(9-11)17-22(19,20)14-7-5-13(6-8-14)21-10-15(16)18/h2-9,17H,10H2,1H3,(H2,16,18). The Morgan fingerprint density at radius 2 is 1.86 bits per heavy atom. The molecule has 0 aliphatic carbocycles. The molecule has 116 valence electrons. The number of carbonyl (C=O) groups is 1. The zero-order valence-corrected chi connectivity index (χ0v) is 12.8. The zero-order chi connectivity index (χ0) is 16.2. The molecule has 0 unspecified atom stereocenters. The normalized spacial score (nSPS) is 11.0. The van der Waals surface area contributed by atoms with Crippen molar-refractivity contribution in [3.8, 4) is 5.75 Å². The van der Waals surface area contributed by atoms with Gasteiger partial charge in [-0.2, -0.15) is 0 Å². The molecule has 2 aromatic rings. The first kappa shape index (κ1) is 15.8. The summed E-state index contributed by atoms with van der Waals surface area (Å²) >= 11 is 0. The number of hydrogen-bond acceptors (Lipinski definition) is 4. The third kappa shape index (κ3) is 4.23. The van der Waals surface area contributed by atoms with Gasteiger partial charge in [0.15, 0.2) is 6.61 Å². The van der Waals surface area contributed by atoms with Gasteiger partial charge in [-0.15, -0.1) is 0 Å². The van der Waals surface area contributed by atoms with Gasteiger partial charge in [-0.1, -0.05) is 12.1 Å². The van der Waals surface area contributed by atoms with E-state index in [4.69, 9.17) is 10.5 Å². The Morgan fingerprint density at radius 3 is 2.45 bits per heavy atom. The second kappa shape index (κ2) is 6.48. The fraction of sp³-hybridized carbons (Fsp3) is 0.133. The van der Waals surface area contributed by atoms with Gasteiger partial charge < -0.3 is 10.5 Å². The van der Waals surface area contributed by atoms with Crippen LogP contribution >= 0.6 is 0 Å². The Balaban J connectivity index is 2.14. The van der Waals surface area contributed by atoms with Gasteiger partial charge in [-0.05, 0) is 48.9 Å². The summed E-state index contributed by atoms with van der Waals surface area (Å²) in [6.45, 7) is 1.62. The van der Waals surface area contributed by atoms with Crippen molar-refractivity contribution >= 4 is 21.6 Å². The van der Waals surface area contributed by atoms with Crippen molar-refractivity contribution in [3.63, 3.8) is 0 Å². The lowest BCUT2D eigenvalue weighted by Crippen LogP contribution is -2.20. The summed E-state index contributed by atoms with van der Waals surface area (Å²) < 4.78 is 32.1. The highest BCUT2D eigenvalue weighted by molar-refractivity contribution is 7.92. The molecule has 0 aliphatic heterocycles. The van der Waals surface area contributed by atoms with E-state index in [1.807, 2.05) is 13.0 Å². The van der Waals surface area contributed by atoms with Crippen LogP contribution in [0.25, 0.3) is 0 Å². The molecule has 0 spiro atoms. The number of amides is 1. The van der Waals surface area contributed by atoms with E-state index in [9.17, 15) is 13.2 Å². The predicted molar refractivity (Wildman–Crippen MR) is 83.1 cm³/mol. The van der Waals surface area contributed by atoms with Gasteiger partial charge in [-0.25, -0.2) is 8.42 Å². The Bertz CT molecular complexity index is 770. The van der Waals surface area contributed by atoms with Crippen molar-refractivity contribution in [1.29, 1.82) is 0 Å². The van der Waals surface area contributed by atoms with Crippen LogP contribution in [0.15, 0.2) is 53.4 Å². The number of nitrogens with two attached hydrogens (primary N) is 1. The van der Waals surface area contributed by atoms with Gasteiger partial charge >= 0.3 is 0 Å². The number of ether oxygens (including phenoxy) is 1. The molecule has 0 atom stereocenters. The SMILES string of the molecule is Cc1cccc(NS(=O)(=O)c2ccc(OCC(N)=O)cc2)c1. The Labute approximate surface area is 129 Å². The third-order valence-corrected chi connectivity index (χ3v) is 4.18. The summed E-state index contributed by atoms with van der Waals surface area (Å²) in [5.41, 5.74) is 6.42. The maximum atomic E-state index is 12.3. The molecule has 0 radical (unpaired) electrons. The Kier molecular flexibility index (Phi) is 4.67. The maximum Gasteiger partial charge on any atom is 0.261 e. The fourth-order valence-electron chi connectivity index (χ4n) is 1.79. The quantitative estimate of drug-likeness (QED) is 0.845. The lowest BCUT2D eigenvalue weighted by atomic mass is 10.2. The number of anilines is 1. The van der Waals surface area contributed by atoms with E-state index in [0.29, 0.717) is 11.4 Å². The molecule has 2 aromatic carbocycles. The molecule has 0 saturated carbocycles. The van der Waals surface area contributed by atoms with Crippen LogP contribution in [0.5, 0.6) is 5.75 Å². The van der Waals surface area contributed by atoms with Gasteiger partial charge in [0.2, 0.25) is 0 Å². The highest BCUT2D eigenvalue weighted by Crippen LogP contribution is 2.19. The molecule has 2 rings (SSSR count). The summed E-state index contributed by atoms with van der Waals surface area (Å²) in [6.07, 6.45) is 0. The van der Waals surface area contributed by atoms with Crippen LogP contribution in [-0.4, -0.2) is 20.9 Å². The van der Waals surface area contributed by atoms with E-state index < -0.39 is 15.9 Å². The number of sulfonamides is 1. The first-order valence-corrected chi connectivity index (χ1v) is 7.96. The van der Waals surface area contributed by atoms with Crippen LogP contribution in [-0.2, 0) is 14.8 Å². The highest BCUT2D eigenvalue weighted by atomic mass is 32.2. The summed E-state index contributed by atoms with van der Waals surface area (Å²) in [6, 6.07) is 12.8. The van der Waals surface area contributed by atoms with E-state index >= 15 is 0 Å². The number of benzene rings is 2. The second-order valence-electron chi connectivity index (χ2n) is 4.70. The van der Waals surface area contributed by atoms with Gasteiger partial charge in [-0.3, -0.25) is 9.52 Å². The molecule has 0 heterocycles. The van der Waals surface area contributed by atoms with Crippen LogP contribution in [0.2, 0.25) is 0 Å². The molecule has 6 nitrogen and oxygen atoms in total. The van der Waals surface area contributed by atoms with Gasteiger partial charge in [0, 0.05) is 5.69 Å². The number of hydrogen-bond donors (Lipinski definition) is 2. The molecule has 0 bridgehead atoms. The van der Waals surface area contributed by atoms with Crippen LogP contribution in [0.1, 0.15) is 5.56 Å². The molecule has 0 saturated heterocycles. The molecule has 1 amide bonds. The fourth-order valence-corrected chi connectivity index (χ4v) is 2.84.